The summed E-state index contributed by atoms with van der Waals surface area (Å²) in [7, 11) is 0. The summed E-state index contributed by atoms with van der Waals surface area (Å²) in [5.74, 6) is -0.0742. The minimum Gasteiger partial charge on any atom is -0.396 e. The van der Waals surface area contributed by atoms with Crippen molar-refractivity contribution >= 4 is 32.9 Å². The molecule has 2 aromatic heterocycles. The Balaban J connectivity index is 2.80. The third kappa shape index (κ3) is 1.29. The van der Waals surface area contributed by atoms with E-state index in [0.717, 1.165) is 9.99 Å². The molecule has 0 amide bonds. The Morgan fingerprint density at radius 1 is 1.64 bits per heavy atom. The van der Waals surface area contributed by atoms with Crippen molar-refractivity contribution in [1.82, 2.24) is 9.61 Å². The fourth-order valence-electron chi connectivity index (χ4n) is 1.33. The average Bonchev–Trinajstić information content (AvgIpc) is 2.46. The highest BCUT2D eigenvalue weighted by Crippen LogP contribution is 2.22. The zero-order chi connectivity index (χ0) is 10.3. The van der Waals surface area contributed by atoms with Gasteiger partial charge in [-0.05, 0) is 28.9 Å². The van der Waals surface area contributed by atoms with E-state index in [0.29, 0.717) is 11.3 Å². The van der Waals surface area contributed by atoms with Crippen molar-refractivity contribution in [3.63, 3.8) is 0 Å². The normalized spacial score (nSPS) is 10.7. The molecular formula is C9H8BrN3O. The van der Waals surface area contributed by atoms with Crippen molar-refractivity contribution in [2.75, 3.05) is 5.73 Å². The molecule has 0 aliphatic rings. The van der Waals surface area contributed by atoms with Crippen molar-refractivity contribution in [3.8, 4) is 0 Å². The highest BCUT2D eigenvalue weighted by molar-refractivity contribution is 9.10. The van der Waals surface area contributed by atoms with Crippen LogP contribution in [0.4, 0.5) is 5.69 Å². The van der Waals surface area contributed by atoms with Crippen molar-refractivity contribution in [2.45, 2.75) is 6.92 Å². The Morgan fingerprint density at radius 3 is 3.00 bits per heavy atom. The van der Waals surface area contributed by atoms with Crippen LogP contribution in [0.5, 0.6) is 0 Å². The molecule has 72 valence electrons. The lowest BCUT2D eigenvalue weighted by Crippen LogP contribution is -2.04. The van der Waals surface area contributed by atoms with Crippen LogP contribution in [0.25, 0.3) is 5.52 Å². The summed E-state index contributed by atoms with van der Waals surface area (Å²) < 4.78 is 2.52. The number of nitrogen functional groups attached to an aromatic ring is 1. The molecule has 0 bridgehead atoms. The van der Waals surface area contributed by atoms with Gasteiger partial charge in [-0.1, -0.05) is 0 Å². The van der Waals surface area contributed by atoms with E-state index in [1.807, 2.05) is 6.07 Å². The van der Waals surface area contributed by atoms with Gasteiger partial charge in [0.05, 0.1) is 23.0 Å². The Bertz CT molecular complexity index is 518. The van der Waals surface area contributed by atoms with Crippen LogP contribution in [0.2, 0.25) is 0 Å². The summed E-state index contributed by atoms with van der Waals surface area (Å²) >= 11 is 3.32. The molecule has 0 unspecified atom stereocenters. The number of carbonyl (C=O) groups excluding carboxylic acids is 1. The van der Waals surface area contributed by atoms with Crippen molar-refractivity contribution in [1.29, 1.82) is 0 Å². The maximum atomic E-state index is 11.2. The van der Waals surface area contributed by atoms with Gasteiger partial charge in [0, 0.05) is 10.7 Å². The zero-order valence-corrected chi connectivity index (χ0v) is 9.08. The van der Waals surface area contributed by atoms with Gasteiger partial charge in [-0.3, -0.25) is 4.79 Å². The molecule has 0 saturated heterocycles. The highest BCUT2D eigenvalue weighted by atomic mass is 79.9. The van der Waals surface area contributed by atoms with E-state index < -0.39 is 0 Å². The van der Waals surface area contributed by atoms with E-state index in [2.05, 4.69) is 21.0 Å². The summed E-state index contributed by atoms with van der Waals surface area (Å²) in [4.78, 5) is 11.2. The predicted molar refractivity (Wildman–Crippen MR) is 57.3 cm³/mol. The standard InChI is InChI=1S/C9H8BrN3O/c1-5(14)7-3-12-13-4-6(10)2-8(13)9(7)11/h2-4H,11H2,1H3. The Labute approximate surface area is 88.8 Å². The minimum atomic E-state index is -0.0742. The van der Waals surface area contributed by atoms with Gasteiger partial charge in [-0.25, -0.2) is 4.52 Å². The molecule has 0 aliphatic carbocycles. The number of ketones is 1. The third-order valence-corrected chi connectivity index (χ3v) is 2.46. The maximum absolute atomic E-state index is 11.2. The molecule has 2 aromatic rings. The SMILES string of the molecule is CC(=O)c1cnn2cc(Br)cc2c1N. The van der Waals surface area contributed by atoms with Gasteiger partial charge < -0.3 is 5.73 Å². The van der Waals surface area contributed by atoms with Crippen LogP contribution < -0.4 is 5.73 Å². The van der Waals surface area contributed by atoms with E-state index >= 15 is 0 Å². The number of anilines is 1. The molecule has 0 spiro atoms. The number of aromatic nitrogens is 2. The second-order valence-electron chi connectivity index (χ2n) is 3.02. The number of rotatable bonds is 1. The monoisotopic (exact) mass is 253 g/mol. The van der Waals surface area contributed by atoms with Gasteiger partial charge in [0.25, 0.3) is 0 Å². The number of nitrogens with zero attached hydrogens (tertiary/aromatic N) is 2. The van der Waals surface area contributed by atoms with Crippen LogP contribution in [0, 0.1) is 0 Å². The number of Topliss-reactive ketones (excluding diaryl/α,β-unsaturated/α-hetero) is 1. The lowest BCUT2D eigenvalue weighted by molar-refractivity contribution is 0.101. The van der Waals surface area contributed by atoms with E-state index in [9.17, 15) is 4.79 Å². The molecular weight excluding hydrogens is 246 g/mol. The Hall–Kier alpha value is -1.36. The maximum Gasteiger partial charge on any atom is 0.163 e. The molecule has 0 saturated carbocycles. The number of halogens is 1. The summed E-state index contributed by atoms with van der Waals surface area (Å²) in [6, 6.07) is 1.83. The Kier molecular flexibility index (Phi) is 2.03. The number of hydrogen-bond donors (Lipinski definition) is 1. The van der Waals surface area contributed by atoms with Crippen LogP contribution in [0.1, 0.15) is 17.3 Å². The molecule has 0 atom stereocenters. The molecule has 0 aliphatic heterocycles. The lowest BCUT2D eigenvalue weighted by atomic mass is 10.2. The van der Waals surface area contributed by atoms with Crippen molar-refractivity contribution < 1.29 is 4.79 Å². The molecule has 0 aromatic carbocycles. The number of fused-ring (bicyclic) bond motifs is 1. The number of nitrogens with two attached hydrogens (primary N) is 1. The molecule has 4 nitrogen and oxygen atoms in total. The van der Waals surface area contributed by atoms with Gasteiger partial charge in [-0.2, -0.15) is 5.10 Å². The molecule has 2 heterocycles. The second-order valence-corrected chi connectivity index (χ2v) is 3.93. The van der Waals surface area contributed by atoms with E-state index in [1.54, 1.807) is 10.7 Å². The van der Waals surface area contributed by atoms with Gasteiger partial charge in [0.15, 0.2) is 5.78 Å². The van der Waals surface area contributed by atoms with E-state index in [4.69, 9.17) is 5.73 Å². The molecule has 2 rings (SSSR count). The molecule has 0 fully saturated rings. The predicted octanol–water partition coefficient (Wildman–Crippen LogP) is 1.88. The van der Waals surface area contributed by atoms with Gasteiger partial charge in [0.2, 0.25) is 0 Å². The quantitative estimate of drug-likeness (QED) is 0.790. The van der Waals surface area contributed by atoms with Gasteiger partial charge in [-0.15, -0.1) is 0 Å². The van der Waals surface area contributed by atoms with Crippen molar-refractivity contribution in [3.05, 3.63) is 28.5 Å². The first-order chi connectivity index (χ1) is 6.59. The Morgan fingerprint density at radius 2 is 2.36 bits per heavy atom. The summed E-state index contributed by atoms with van der Waals surface area (Å²) in [6.07, 6.45) is 3.27. The van der Waals surface area contributed by atoms with Crippen LogP contribution in [0.3, 0.4) is 0 Å². The van der Waals surface area contributed by atoms with E-state index in [1.165, 1.54) is 13.1 Å². The highest BCUT2D eigenvalue weighted by Gasteiger charge is 2.10. The van der Waals surface area contributed by atoms with Gasteiger partial charge >= 0.3 is 0 Å². The summed E-state index contributed by atoms with van der Waals surface area (Å²) in [5.41, 5.74) is 7.50. The average molecular weight is 254 g/mol. The largest absolute Gasteiger partial charge is 0.396 e. The second kappa shape index (κ2) is 3.09. The first kappa shape index (κ1) is 9.21. The number of carbonyl (C=O) groups is 1. The fraction of sp³-hybridized carbons (Fsp3) is 0.111. The molecule has 5 heteroatoms. The van der Waals surface area contributed by atoms with E-state index in [-0.39, 0.29) is 5.78 Å². The van der Waals surface area contributed by atoms with Gasteiger partial charge in [0.1, 0.15) is 0 Å². The topological polar surface area (TPSA) is 60.4 Å². The summed E-state index contributed by atoms with van der Waals surface area (Å²) in [5, 5.41) is 4.07. The molecule has 0 radical (unpaired) electrons. The van der Waals surface area contributed by atoms with Crippen LogP contribution in [0.15, 0.2) is 22.9 Å². The first-order valence-corrected chi connectivity index (χ1v) is 4.82. The van der Waals surface area contributed by atoms with Crippen LogP contribution >= 0.6 is 15.9 Å². The first-order valence-electron chi connectivity index (χ1n) is 4.03. The number of hydrogen-bond acceptors (Lipinski definition) is 3. The minimum absolute atomic E-state index is 0.0742. The van der Waals surface area contributed by atoms with Crippen LogP contribution in [-0.2, 0) is 0 Å². The third-order valence-electron chi connectivity index (χ3n) is 2.02. The zero-order valence-electron chi connectivity index (χ0n) is 7.49. The molecule has 2 N–H and O–H groups in total. The fourth-order valence-corrected chi connectivity index (χ4v) is 1.74. The smallest absolute Gasteiger partial charge is 0.163 e. The lowest BCUT2D eigenvalue weighted by Gasteiger charge is -2.02. The molecule has 14 heavy (non-hydrogen) atoms. The summed E-state index contributed by atoms with van der Waals surface area (Å²) in [6.45, 7) is 1.47. The van der Waals surface area contributed by atoms with Crippen molar-refractivity contribution in [2.24, 2.45) is 0 Å². The van der Waals surface area contributed by atoms with Crippen LogP contribution in [-0.4, -0.2) is 15.4 Å².